The predicted octanol–water partition coefficient (Wildman–Crippen LogP) is 3.18. The molecular weight excluding hydrogens is 358 g/mol. The van der Waals surface area contributed by atoms with Crippen molar-refractivity contribution in [3.8, 4) is 0 Å². The summed E-state index contributed by atoms with van der Waals surface area (Å²) in [5, 5.41) is 5.94. The summed E-state index contributed by atoms with van der Waals surface area (Å²) in [6.07, 6.45) is -0.715. The molecular formula is C18H16ClN3O4. The summed E-state index contributed by atoms with van der Waals surface area (Å²) >= 11 is 5.91. The molecule has 8 heteroatoms. The lowest BCUT2D eigenvalue weighted by Gasteiger charge is -2.23. The van der Waals surface area contributed by atoms with E-state index in [4.69, 9.17) is 16.3 Å². The molecule has 0 spiro atoms. The number of rotatable bonds is 5. The Hall–Kier alpha value is -3.06. The minimum atomic E-state index is -0.715. The molecule has 2 aromatic carbocycles. The summed E-state index contributed by atoms with van der Waals surface area (Å²) in [6, 6.07) is 14.7. The molecule has 1 aliphatic heterocycles. The van der Waals surface area contributed by atoms with Gasteiger partial charge in [0.1, 0.15) is 0 Å². The normalized spacial score (nSPS) is 14.7. The fourth-order valence-electron chi connectivity index (χ4n) is 2.55. The van der Waals surface area contributed by atoms with Crippen molar-refractivity contribution in [2.24, 2.45) is 0 Å². The van der Waals surface area contributed by atoms with Crippen LogP contribution in [0.2, 0.25) is 5.02 Å². The monoisotopic (exact) mass is 373 g/mol. The number of cyclic esters (lactones) is 1. The maximum atomic E-state index is 12.4. The van der Waals surface area contributed by atoms with E-state index in [1.807, 2.05) is 18.2 Å². The molecule has 1 fully saturated rings. The first-order chi connectivity index (χ1) is 12.5. The van der Waals surface area contributed by atoms with Gasteiger partial charge in [0.2, 0.25) is 0 Å². The Kier molecular flexibility index (Phi) is 5.38. The highest BCUT2D eigenvalue weighted by Crippen LogP contribution is 2.19. The Balaban J connectivity index is 1.74. The number of hydrogen-bond acceptors (Lipinski definition) is 4. The molecule has 1 saturated heterocycles. The summed E-state index contributed by atoms with van der Waals surface area (Å²) in [7, 11) is 0. The lowest BCUT2D eigenvalue weighted by atomic mass is 10.1. The van der Waals surface area contributed by atoms with Gasteiger partial charge in [-0.1, -0.05) is 48.0 Å². The molecule has 0 saturated carbocycles. The van der Waals surface area contributed by atoms with E-state index >= 15 is 0 Å². The number of imide groups is 1. The van der Waals surface area contributed by atoms with Gasteiger partial charge in [-0.05, 0) is 23.8 Å². The summed E-state index contributed by atoms with van der Waals surface area (Å²) in [5.41, 5.74) is 1.28. The Labute approximate surface area is 154 Å². The van der Waals surface area contributed by atoms with E-state index in [1.54, 1.807) is 36.4 Å². The zero-order valence-electron chi connectivity index (χ0n) is 13.6. The number of anilines is 1. The Morgan fingerprint density at radius 2 is 1.92 bits per heavy atom. The fourth-order valence-corrected chi connectivity index (χ4v) is 2.74. The summed E-state index contributed by atoms with van der Waals surface area (Å²) in [4.78, 5) is 36.9. The third-order valence-electron chi connectivity index (χ3n) is 3.80. The summed E-state index contributed by atoms with van der Waals surface area (Å²) in [5.74, 6) is -0.437. The second kappa shape index (κ2) is 7.88. The van der Waals surface area contributed by atoms with E-state index in [0.717, 1.165) is 10.5 Å². The quantitative estimate of drug-likeness (QED) is 0.842. The van der Waals surface area contributed by atoms with Crippen LogP contribution in [-0.4, -0.2) is 36.1 Å². The number of hydrogen-bond donors (Lipinski definition) is 2. The van der Waals surface area contributed by atoms with Crippen LogP contribution < -0.4 is 10.6 Å². The molecule has 3 rings (SSSR count). The lowest BCUT2D eigenvalue weighted by molar-refractivity contribution is -0.126. The second-order valence-electron chi connectivity index (χ2n) is 5.63. The third-order valence-corrected chi connectivity index (χ3v) is 4.03. The van der Waals surface area contributed by atoms with Crippen LogP contribution in [0.15, 0.2) is 54.6 Å². The van der Waals surface area contributed by atoms with E-state index in [2.05, 4.69) is 10.6 Å². The van der Waals surface area contributed by atoms with Crippen LogP contribution in [0.3, 0.4) is 0 Å². The van der Waals surface area contributed by atoms with Gasteiger partial charge in [-0.25, -0.2) is 14.5 Å². The Morgan fingerprint density at radius 1 is 1.15 bits per heavy atom. The average molecular weight is 374 g/mol. The molecule has 0 radical (unpaired) electrons. The van der Waals surface area contributed by atoms with Gasteiger partial charge in [0.05, 0.1) is 12.6 Å². The van der Waals surface area contributed by atoms with E-state index in [0.29, 0.717) is 10.7 Å². The number of amides is 4. The van der Waals surface area contributed by atoms with Crippen molar-refractivity contribution in [1.82, 2.24) is 10.2 Å². The molecule has 2 aromatic rings. The van der Waals surface area contributed by atoms with Crippen molar-refractivity contribution < 1.29 is 19.1 Å². The van der Waals surface area contributed by atoms with E-state index < -0.39 is 24.1 Å². The molecule has 1 unspecified atom stereocenters. The van der Waals surface area contributed by atoms with E-state index in [1.165, 1.54) is 0 Å². The van der Waals surface area contributed by atoms with Gasteiger partial charge < -0.3 is 15.4 Å². The van der Waals surface area contributed by atoms with E-state index in [-0.39, 0.29) is 13.2 Å². The molecule has 0 bridgehead atoms. The maximum absolute atomic E-state index is 12.4. The average Bonchev–Trinajstić information content (AvgIpc) is 2.94. The minimum absolute atomic E-state index is 0.0232. The van der Waals surface area contributed by atoms with Crippen molar-refractivity contribution in [3.05, 3.63) is 65.2 Å². The van der Waals surface area contributed by atoms with Crippen molar-refractivity contribution in [1.29, 1.82) is 0 Å². The fraction of sp³-hybridized carbons (Fsp3) is 0.167. The first-order valence-electron chi connectivity index (χ1n) is 7.88. The molecule has 134 valence electrons. The summed E-state index contributed by atoms with van der Waals surface area (Å²) in [6.45, 7) is -0.306. The van der Waals surface area contributed by atoms with Gasteiger partial charge in [0, 0.05) is 10.7 Å². The molecule has 4 amide bonds. The number of urea groups is 1. The maximum Gasteiger partial charge on any atom is 0.417 e. The number of nitrogens with zero attached hydrogens (tertiary/aromatic N) is 1. The SMILES string of the molecule is O=C(Nc1cccc(Cl)c1)NC(CN1C(=O)COC1=O)c1ccccc1. The molecule has 2 N–H and O–H groups in total. The molecule has 0 aromatic heterocycles. The predicted molar refractivity (Wildman–Crippen MR) is 95.9 cm³/mol. The Morgan fingerprint density at radius 3 is 2.58 bits per heavy atom. The van der Waals surface area contributed by atoms with Crippen LogP contribution in [0.1, 0.15) is 11.6 Å². The zero-order chi connectivity index (χ0) is 18.5. The molecule has 1 atom stereocenters. The number of benzene rings is 2. The van der Waals surface area contributed by atoms with Crippen molar-refractivity contribution in [3.63, 3.8) is 0 Å². The smallest absolute Gasteiger partial charge is 0.417 e. The molecule has 1 heterocycles. The largest absolute Gasteiger partial charge is 0.439 e. The van der Waals surface area contributed by atoms with Gasteiger partial charge in [-0.15, -0.1) is 0 Å². The van der Waals surface area contributed by atoms with Gasteiger partial charge in [-0.2, -0.15) is 0 Å². The molecule has 26 heavy (non-hydrogen) atoms. The topological polar surface area (TPSA) is 87.7 Å². The zero-order valence-corrected chi connectivity index (χ0v) is 14.4. The molecule has 1 aliphatic rings. The highest BCUT2D eigenvalue weighted by Gasteiger charge is 2.33. The molecule has 0 aliphatic carbocycles. The standard InChI is InChI=1S/C18H16ClN3O4/c19-13-7-4-8-14(9-13)20-17(24)21-15(12-5-2-1-3-6-12)10-22-16(23)11-26-18(22)25/h1-9,15H,10-11H2,(H2,20,21,24). The van der Waals surface area contributed by atoms with Crippen LogP contribution in [0, 0.1) is 0 Å². The highest BCUT2D eigenvalue weighted by molar-refractivity contribution is 6.30. The Bertz CT molecular complexity index is 812. The number of carbonyl (C=O) groups excluding carboxylic acids is 3. The van der Waals surface area contributed by atoms with Gasteiger partial charge in [-0.3, -0.25) is 4.79 Å². The number of halogens is 1. The van der Waals surface area contributed by atoms with E-state index in [9.17, 15) is 14.4 Å². The lowest BCUT2D eigenvalue weighted by Crippen LogP contribution is -2.41. The highest BCUT2D eigenvalue weighted by atomic mass is 35.5. The van der Waals surface area contributed by atoms with Gasteiger partial charge >= 0.3 is 12.1 Å². The minimum Gasteiger partial charge on any atom is -0.439 e. The first-order valence-corrected chi connectivity index (χ1v) is 8.26. The number of nitrogens with one attached hydrogen (secondary N) is 2. The summed E-state index contributed by atoms with van der Waals surface area (Å²) < 4.78 is 4.72. The second-order valence-corrected chi connectivity index (χ2v) is 6.07. The van der Waals surface area contributed by atoms with Crippen LogP contribution in [0.25, 0.3) is 0 Å². The van der Waals surface area contributed by atoms with Crippen LogP contribution in [0.5, 0.6) is 0 Å². The third kappa shape index (κ3) is 4.31. The van der Waals surface area contributed by atoms with Crippen LogP contribution in [-0.2, 0) is 9.53 Å². The van der Waals surface area contributed by atoms with Crippen molar-refractivity contribution in [2.45, 2.75) is 6.04 Å². The first kappa shape index (κ1) is 17.8. The van der Waals surface area contributed by atoms with Crippen LogP contribution in [0.4, 0.5) is 15.3 Å². The number of ether oxygens (including phenoxy) is 1. The van der Waals surface area contributed by atoms with Crippen molar-refractivity contribution in [2.75, 3.05) is 18.5 Å². The van der Waals surface area contributed by atoms with Crippen LogP contribution >= 0.6 is 11.6 Å². The van der Waals surface area contributed by atoms with Gasteiger partial charge in [0.25, 0.3) is 5.91 Å². The van der Waals surface area contributed by atoms with Crippen molar-refractivity contribution >= 4 is 35.3 Å². The van der Waals surface area contributed by atoms with Gasteiger partial charge in [0.15, 0.2) is 6.61 Å². The number of carbonyl (C=O) groups is 3. The molecule has 7 nitrogen and oxygen atoms in total.